The Kier molecular flexibility index (Phi) is 4.67. The zero-order valence-corrected chi connectivity index (χ0v) is 11.0. The molecule has 1 saturated heterocycles. The smallest absolute Gasteiger partial charge is 0.317 e. The molecule has 0 bridgehead atoms. The van der Waals surface area contributed by atoms with Gasteiger partial charge in [0.25, 0.3) is 0 Å². The molecular weight excluding hydrogens is 263 g/mol. The maximum Gasteiger partial charge on any atom is 0.416 e. The van der Waals surface area contributed by atoms with Gasteiger partial charge in [-0.1, -0.05) is 25.1 Å². The maximum atomic E-state index is 12.6. The zero-order chi connectivity index (χ0) is 12.5. The van der Waals surface area contributed by atoms with Gasteiger partial charge in [0.15, 0.2) is 0 Å². The first-order valence-corrected chi connectivity index (χ1v) is 5.80. The Morgan fingerprint density at radius 1 is 1.17 bits per heavy atom. The molecule has 1 aromatic carbocycles. The van der Waals surface area contributed by atoms with Crippen LogP contribution in [0.5, 0.6) is 0 Å². The molecule has 0 aliphatic carbocycles. The van der Waals surface area contributed by atoms with Gasteiger partial charge in [-0.15, -0.1) is 12.4 Å². The van der Waals surface area contributed by atoms with Crippen LogP contribution in [0.15, 0.2) is 24.3 Å². The number of hydrogen-bond donors (Lipinski definition) is 1. The van der Waals surface area contributed by atoms with E-state index in [1.54, 1.807) is 6.07 Å². The van der Waals surface area contributed by atoms with Crippen LogP contribution in [0.4, 0.5) is 13.2 Å². The van der Waals surface area contributed by atoms with Crippen LogP contribution in [-0.4, -0.2) is 13.1 Å². The molecule has 0 amide bonds. The molecule has 18 heavy (non-hydrogen) atoms. The molecule has 0 saturated carbocycles. The van der Waals surface area contributed by atoms with Crippen LogP contribution in [0, 0.1) is 0 Å². The Hall–Kier alpha value is -0.740. The molecular formula is C13H17ClF3N. The van der Waals surface area contributed by atoms with E-state index in [1.807, 2.05) is 6.92 Å². The number of halogens is 4. The minimum Gasteiger partial charge on any atom is -0.317 e. The maximum absolute atomic E-state index is 12.6. The summed E-state index contributed by atoms with van der Waals surface area (Å²) >= 11 is 0. The van der Waals surface area contributed by atoms with Crippen LogP contribution in [0.1, 0.15) is 30.9 Å². The SMILES string of the molecule is CC1(c2cccc(C(F)(F)F)c2)CCNCC1.Cl. The molecule has 2 rings (SSSR count). The van der Waals surface area contributed by atoms with E-state index in [-0.39, 0.29) is 17.8 Å². The average molecular weight is 280 g/mol. The molecule has 0 unspecified atom stereocenters. The Morgan fingerprint density at radius 2 is 1.78 bits per heavy atom. The van der Waals surface area contributed by atoms with Gasteiger partial charge < -0.3 is 5.32 Å². The van der Waals surface area contributed by atoms with E-state index in [4.69, 9.17) is 0 Å². The number of alkyl halides is 3. The van der Waals surface area contributed by atoms with Crippen LogP contribution >= 0.6 is 12.4 Å². The normalized spacial score (nSPS) is 19.1. The molecule has 1 N–H and O–H groups in total. The van der Waals surface area contributed by atoms with E-state index in [2.05, 4.69) is 5.32 Å². The van der Waals surface area contributed by atoms with Crippen LogP contribution in [0.3, 0.4) is 0 Å². The third-order valence-electron chi connectivity index (χ3n) is 3.59. The van der Waals surface area contributed by atoms with Crippen LogP contribution in [0.25, 0.3) is 0 Å². The van der Waals surface area contributed by atoms with Crippen LogP contribution in [0.2, 0.25) is 0 Å². The van der Waals surface area contributed by atoms with Gasteiger partial charge in [-0.2, -0.15) is 13.2 Å². The summed E-state index contributed by atoms with van der Waals surface area (Å²) < 4.78 is 37.9. The van der Waals surface area contributed by atoms with Crippen molar-refractivity contribution < 1.29 is 13.2 Å². The lowest BCUT2D eigenvalue weighted by Crippen LogP contribution is -2.37. The van der Waals surface area contributed by atoms with Gasteiger partial charge in [0, 0.05) is 0 Å². The lowest BCUT2D eigenvalue weighted by molar-refractivity contribution is -0.137. The summed E-state index contributed by atoms with van der Waals surface area (Å²) in [6.45, 7) is 3.78. The fourth-order valence-electron chi connectivity index (χ4n) is 2.34. The Morgan fingerprint density at radius 3 is 2.33 bits per heavy atom. The Labute approximate surface area is 111 Å². The van der Waals surface area contributed by atoms with Gasteiger partial charge in [-0.25, -0.2) is 0 Å². The molecule has 1 aromatic rings. The molecule has 0 atom stereocenters. The third kappa shape index (κ3) is 3.18. The molecule has 1 aliphatic rings. The summed E-state index contributed by atoms with van der Waals surface area (Å²) in [6, 6.07) is 5.74. The Bertz CT molecular complexity index is 397. The van der Waals surface area contributed by atoms with Crippen molar-refractivity contribution in [3.63, 3.8) is 0 Å². The monoisotopic (exact) mass is 279 g/mol. The standard InChI is InChI=1S/C13H16F3N.ClH/c1-12(5-7-17-8-6-12)10-3-2-4-11(9-10)13(14,15)16;/h2-4,9,17H,5-8H2,1H3;1H. The number of piperidine rings is 1. The molecule has 0 aromatic heterocycles. The second-order valence-electron chi connectivity index (χ2n) is 4.89. The predicted octanol–water partition coefficient (Wildman–Crippen LogP) is 3.77. The molecule has 1 heterocycles. The van der Waals surface area contributed by atoms with E-state index >= 15 is 0 Å². The summed E-state index contributed by atoms with van der Waals surface area (Å²) in [5.41, 5.74) is 0.121. The van der Waals surface area contributed by atoms with E-state index < -0.39 is 11.7 Å². The summed E-state index contributed by atoms with van der Waals surface area (Å²) in [7, 11) is 0. The molecule has 5 heteroatoms. The second-order valence-corrected chi connectivity index (χ2v) is 4.89. The highest BCUT2D eigenvalue weighted by Crippen LogP contribution is 2.36. The second kappa shape index (κ2) is 5.49. The summed E-state index contributed by atoms with van der Waals surface area (Å²) in [5, 5.41) is 3.23. The number of nitrogens with one attached hydrogen (secondary N) is 1. The first-order chi connectivity index (χ1) is 7.92. The summed E-state index contributed by atoms with van der Waals surface area (Å²) in [6.07, 6.45) is -2.48. The van der Waals surface area contributed by atoms with Gasteiger partial charge >= 0.3 is 6.18 Å². The highest BCUT2D eigenvalue weighted by molar-refractivity contribution is 5.85. The zero-order valence-electron chi connectivity index (χ0n) is 10.2. The largest absolute Gasteiger partial charge is 0.416 e. The summed E-state index contributed by atoms with van der Waals surface area (Å²) in [5.74, 6) is 0. The fourth-order valence-corrected chi connectivity index (χ4v) is 2.34. The Balaban J connectivity index is 0.00000162. The molecule has 0 radical (unpaired) electrons. The lowest BCUT2D eigenvalue weighted by atomic mass is 9.75. The first-order valence-electron chi connectivity index (χ1n) is 5.80. The number of rotatable bonds is 1. The quantitative estimate of drug-likeness (QED) is 0.825. The van der Waals surface area contributed by atoms with Crippen molar-refractivity contribution in [1.29, 1.82) is 0 Å². The van der Waals surface area contributed by atoms with Crippen LogP contribution in [-0.2, 0) is 11.6 Å². The van der Waals surface area contributed by atoms with Crippen molar-refractivity contribution in [1.82, 2.24) is 5.32 Å². The van der Waals surface area contributed by atoms with Gasteiger partial charge in [-0.3, -0.25) is 0 Å². The minimum atomic E-state index is -4.25. The topological polar surface area (TPSA) is 12.0 Å². The van der Waals surface area contributed by atoms with Gasteiger partial charge in [-0.05, 0) is 43.0 Å². The van der Waals surface area contributed by atoms with Crippen molar-refractivity contribution in [2.75, 3.05) is 13.1 Å². The molecule has 0 spiro atoms. The number of hydrogen-bond acceptors (Lipinski definition) is 1. The van der Waals surface area contributed by atoms with E-state index in [0.29, 0.717) is 0 Å². The highest BCUT2D eigenvalue weighted by atomic mass is 35.5. The molecule has 1 nitrogen and oxygen atoms in total. The average Bonchev–Trinajstić information content (AvgIpc) is 2.29. The van der Waals surface area contributed by atoms with Crippen molar-refractivity contribution in [2.45, 2.75) is 31.4 Å². The molecule has 1 fully saturated rings. The van der Waals surface area contributed by atoms with E-state index in [0.717, 1.165) is 37.6 Å². The minimum absolute atomic E-state index is 0. The van der Waals surface area contributed by atoms with Crippen molar-refractivity contribution in [3.8, 4) is 0 Å². The highest BCUT2D eigenvalue weighted by Gasteiger charge is 2.34. The fraction of sp³-hybridized carbons (Fsp3) is 0.538. The molecule has 1 aliphatic heterocycles. The van der Waals surface area contributed by atoms with Crippen molar-refractivity contribution in [3.05, 3.63) is 35.4 Å². The van der Waals surface area contributed by atoms with Gasteiger partial charge in [0.05, 0.1) is 5.56 Å². The van der Waals surface area contributed by atoms with Gasteiger partial charge in [0.1, 0.15) is 0 Å². The number of benzene rings is 1. The van der Waals surface area contributed by atoms with Crippen molar-refractivity contribution >= 4 is 12.4 Å². The van der Waals surface area contributed by atoms with E-state index in [1.165, 1.54) is 12.1 Å². The molecule has 102 valence electrons. The third-order valence-corrected chi connectivity index (χ3v) is 3.59. The predicted molar refractivity (Wildman–Crippen MR) is 68.1 cm³/mol. The van der Waals surface area contributed by atoms with E-state index in [9.17, 15) is 13.2 Å². The lowest BCUT2D eigenvalue weighted by Gasteiger charge is -2.35. The van der Waals surface area contributed by atoms with Gasteiger partial charge in [0.2, 0.25) is 0 Å². The van der Waals surface area contributed by atoms with Crippen molar-refractivity contribution in [2.24, 2.45) is 0 Å². The van der Waals surface area contributed by atoms with Crippen LogP contribution < -0.4 is 5.32 Å². The summed E-state index contributed by atoms with van der Waals surface area (Å²) in [4.78, 5) is 0. The first kappa shape index (κ1) is 15.3.